The average molecular weight is 268 g/mol. The van der Waals surface area contributed by atoms with E-state index in [1.54, 1.807) is 6.07 Å². The predicted molar refractivity (Wildman–Crippen MR) is 79.1 cm³/mol. The molecule has 2 aromatic carbocycles. The lowest BCUT2D eigenvalue weighted by Crippen LogP contribution is -2.18. The molecule has 1 heterocycles. The number of nitrogens with one attached hydrogen (secondary N) is 1. The van der Waals surface area contributed by atoms with Crippen molar-refractivity contribution in [3.8, 4) is 11.5 Å². The van der Waals surface area contributed by atoms with Crippen molar-refractivity contribution in [3.05, 3.63) is 47.5 Å². The Balaban J connectivity index is 1.86. The summed E-state index contributed by atoms with van der Waals surface area (Å²) in [6, 6.07) is 11.3. The monoisotopic (exact) mass is 268 g/mol. The fourth-order valence-corrected chi connectivity index (χ4v) is 2.39. The molecule has 0 fully saturated rings. The lowest BCUT2D eigenvalue weighted by atomic mass is 10.0. The van der Waals surface area contributed by atoms with Crippen molar-refractivity contribution < 1.29 is 9.53 Å². The average Bonchev–Trinajstić information content (AvgIpc) is 2.38. The second-order valence-electron chi connectivity index (χ2n) is 5.05. The number of nitrogens with two attached hydrogens (primary N) is 1. The van der Waals surface area contributed by atoms with Gasteiger partial charge in [0.15, 0.2) is 0 Å². The Hall–Kier alpha value is -2.49. The summed E-state index contributed by atoms with van der Waals surface area (Å²) in [6.45, 7) is 1.98. The number of fused-ring (bicyclic) bond motifs is 1. The van der Waals surface area contributed by atoms with Crippen LogP contribution in [0.1, 0.15) is 17.5 Å². The van der Waals surface area contributed by atoms with E-state index in [-0.39, 0.29) is 5.91 Å². The van der Waals surface area contributed by atoms with Gasteiger partial charge in [-0.25, -0.2) is 0 Å². The summed E-state index contributed by atoms with van der Waals surface area (Å²) in [5.41, 5.74) is 9.53. The second-order valence-corrected chi connectivity index (χ2v) is 5.05. The van der Waals surface area contributed by atoms with Crippen LogP contribution in [0.3, 0.4) is 0 Å². The van der Waals surface area contributed by atoms with Crippen LogP contribution in [-0.4, -0.2) is 5.91 Å². The Morgan fingerprint density at radius 1 is 1.10 bits per heavy atom. The number of rotatable bonds is 2. The van der Waals surface area contributed by atoms with Crippen LogP contribution < -0.4 is 15.8 Å². The van der Waals surface area contributed by atoms with Crippen molar-refractivity contribution in [2.75, 3.05) is 11.1 Å². The predicted octanol–water partition coefficient (Wildman–Crippen LogP) is 3.25. The van der Waals surface area contributed by atoms with E-state index in [1.165, 1.54) is 0 Å². The topological polar surface area (TPSA) is 64.3 Å². The van der Waals surface area contributed by atoms with Crippen molar-refractivity contribution in [1.82, 2.24) is 0 Å². The largest absolute Gasteiger partial charge is 0.457 e. The van der Waals surface area contributed by atoms with Crippen LogP contribution in [0.25, 0.3) is 0 Å². The van der Waals surface area contributed by atoms with Crippen LogP contribution in [-0.2, 0) is 11.2 Å². The summed E-state index contributed by atoms with van der Waals surface area (Å²) in [7, 11) is 0. The van der Waals surface area contributed by atoms with E-state index >= 15 is 0 Å². The van der Waals surface area contributed by atoms with E-state index in [9.17, 15) is 4.79 Å². The number of anilines is 2. The number of aryl methyl sites for hydroxylation is 2. The summed E-state index contributed by atoms with van der Waals surface area (Å²) in [6.07, 6.45) is 1.27. The number of nitrogen functional groups attached to an aromatic ring is 1. The van der Waals surface area contributed by atoms with Crippen molar-refractivity contribution in [1.29, 1.82) is 0 Å². The second kappa shape index (κ2) is 4.89. The zero-order valence-corrected chi connectivity index (χ0v) is 11.3. The van der Waals surface area contributed by atoms with Gasteiger partial charge in [0.1, 0.15) is 11.5 Å². The number of hydrogen-bond acceptors (Lipinski definition) is 3. The van der Waals surface area contributed by atoms with Gasteiger partial charge in [0, 0.05) is 23.9 Å². The maximum atomic E-state index is 11.3. The Morgan fingerprint density at radius 2 is 1.95 bits per heavy atom. The SMILES string of the molecule is Cc1cc(N)cc(Oc2ccc3c(c2)CCC(=O)N3)c1. The molecule has 1 aliphatic heterocycles. The van der Waals surface area contributed by atoms with Crippen LogP contribution in [0.15, 0.2) is 36.4 Å². The molecule has 3 rings (SSSR count). The number of hydrogen-bond donors (Lipinski definition) is 2. The van der Waals surface area contributed by atoms with Crippen molar-refractivity contribution in [2.45, 2.75) is 19.8 Å². The lowest BCUT2D eigenvalue weighted by Gasteiger charge is -2.17. The van der Waals surface area contributed by atoms with Gasteiger partial charge in [-0.1, -0.05) is 0 Å². The number of carbonyl (C=O) groups is 1. The van der Waals surface area contributed by atoms with Gasteiger partial charge in [-0.3, -0.25) is 4.79 Å². The highest BCUT2D eigenvalue weighted by Crippen LogP contribution is 2.30. The number of benzene rings is 2. The van der Waals surface area contributed by atoms with Crippen LogP contribution in [0.4, 0.5) is 11.4 Å². The minimum atomic E-state index is 0.0672. The molecule has 3 N–H and O–H groups in total. The molecule has 4 nitrogen and oxygen atoms in total. The molecule has 2 aromatic rings. The standard InChI is InChI=1S/C16H16N2O2/c1-10-6-12(17)9-14(7-10)20-13-3-4-15-11(8-13)2-5-16(19)18-15/h3-4,6-9H,2,5,17H2,1H3,(H,18,19). The third-order valence-corrected chi connectivity index (χ3v) is 3.28. The van der Waals surface area contributed by atoms with Crippen LogP contribution in [0, 0.1) is 6.92 Å². The first-order chi connectivity index (χ1) is 9.60. The molecule has 20 heavy (non-hydrogen) atoms. The summed E-state index contributed by atoms with van der Waals surface area (Å²) in [5, 5.41) is 2.85. The zero-order valence-electron chi connectivity index (χ0n) is 11.3. The summed E-state index contributed by atoms with van der Waals surface area (Å²) in [5.74, 6) is 1.55. The van der Waals surface area contributed by atoms with Gasteiger partial charge in [0.25, 0.3) is 0 Å². The maximum absolute atomic E-state index is 11.3. The molecule has 0 aliphatic carbocycles. The van der Waals surface area contributed by atoms with E-state index < -0.39 is 0 Å². The molecule has 0 saturated heterocycles. The molecule has 0 atom stereocenters. The molecular formula is C16H16N2O2. The Morgan fingerprint density at radius 3 is 2.75 bits per heavy atom. The first-order valence-electron chi connectivity index (χ1n) is 6.58. The molecule has 0 aromatic heterocycles. The highest BCUT2D eigenvalue weighted by Gasteiger charge is 2.15. The number of amides is 1. The normalized spacial score (nSPS) is 13.6. The van der Waals surface area contributed by atoms with Crippen LogP contribution >= 0.6 is 0 Å². The van der Waals surface area contributed by atoms with Gasteiger partial charge in [-0.05, 0) is 54.8 Å². The van der Waals surface area contributed by atoms with Crippen molar-refractivity contribution >= 4 is 17.3 Å². The zero-order chi connectivity index (χ0) is 14.1. The van der Waals surface area contributed by atoms with Crippen molar-refractivity contribution in [2.24, 2.45) is 0 Å². The fraction of sp³-hybridized carbons (Fsp3) is 0.188. The first kappa shape index (κ1) is 12.5. The lowest BCUT2D eigenvalue weighted by molar-refractivity contribution is -0.116. The molecule has 0 spiro atoms. The van der Waals surface area contributed by atoms with Crippen LogP contribution in [0.5, 0.6) is 11.5 Å². The molecule has 0 radical (unpaired) electrons. The Bertz CT molecular complexity index is 660. The molecule has 1 amide bonds. The smallest absolute Gasteiger partial charge is 0.224 e. The minimum absolute atomic E-state index is 0.0672. The van der Waals surface area contributed by atoms with E-state index in [2.05, 4.69) is 5.32 Å². The van der Waals surface area contributed by atoms with Gasteiger partial charge >= 0.3 is 0 Å². The molecule has 1 aliphatic rings. The van der Waals surface area contributed by atoms with Gasteiger partial charge in [0.05, 0.1) is 0 Å². The number of carbonyl (C=O) groups excluding carboxylic acids is 1. The number of ether oxygens (including phenoxy) is 1. The minimum Gasteiger partial charge on any atom is -0.457 e. The van der Waals surface area contributed by atoms with Gasteiger partial charge in [-0.2, -0.15) is 0 Å². The Kier molecular flexibility index (Phi) is 3.06. The van der Waals surface area contributed by atoms with E-state index in [0.717, 1.165) is 34.7 Å². The molecule has 0 saturated carbocycles. The molecule has 4 heteroatoms. The van der Waals surface area contributed by atoms with E-state index in [0.29, 0.717) is 12.1 Å². The molecule has 0 bridgehead atoms. The molecule has 0 unspecified atom stereocenters. The summed E-state index contributed by atoms with van der Waals surface area (Å²) < 4.78 is 5.84. The first-order valence-corrected chi connectivity index (χ1v) is 6.58. The molecular weight excluding hydrogens is 252 g/mol. The van der Waals surface area contributed by atoms with E-state index in [1.807, 2.05) is 37.3 Å². The maximum Gasteiger partial charge on any atom is 0.224 e. The van der Waals surface area contributed by atoms with Gasteiger partial charge in [0.2, 0.25) is 5.91 Å². The van der Waals surface area contributed by atoms with Crippen molar-refractivity contribution in [3.63, 3.8) is 0 Å². The highest BCUT2D eigenvalue weighted by atomic mass is 16.5. The van der Waals surface area contributed by atoms with Crippen LogP contribution in [0.2, 0.25) is 0 Å². The van der Waals surface area contributed by atoms with E-state index in [4.69, 9.17) is 10.5 Å². The quantitative estimate of drug-likeness (QED) is 0.822. The highest BCUT2D eigenvalue weighted by molar-refractivity contribution is 5.94. The third-order valence-electron chi connectivity index (χ3n) is 3.28. The summed E-state index contributed by atoms with van der Waals surface area (Å²) in [4.78, 5) is 11.3. The van der Waals surface area contributed by atoms with Gasteiger partial charge < -0.3 is 15.8 Å². The fourth-order valence-electron chi connectivity index (χ4n) is 2.39. The Labute approximate surface area is 117 Å². The summed E-state index contributed by atoms with van der Waals surface area (Å²) >= 11 is 0. The molecule has 102 valence electrons. The van der Waals surface area contributed by atoms with Gasteiger partial charge in [-0.15, -0.1) is 0 Å². The third kappa shape index (κ3) is 2.59.